The highest BCUT2D eigenvalue weighted by Crippen LogP contribution is 2.51. The fraction of sp³-hybridized carbons (Fsp3) is 0.276. The Balaban J connectivity index is 1.68. The Hall–Kier alpha value is -4.11. The van der Waals surface area contributed by atoms with Crippen LogP contribution < -0.4 is 0 Å². The average Bonchev–Trinajstić information content (AvgIpc) is 3.31. The van der Waals surface area contributed by atoms with E-state index in [4.69, 9.17) is 14.4 Å². The van der Waals surface area contributed by atoms with Gasteiger partial charge in [0.25, 0.3) is 0 Å². The van der Waals surface area contributed by atoms with Crippen LogP contribution in [0.5, 0.6) is 0 Å². The first-order chi connectivity index (χ1) is 16.9. The van der Waals surface area contributed by atoms with Crippen LogP contribution in [0, 0.1) is 30.1 Å². The molecule has 0 saturated heterocycles. The second-order valence-corrected chi connectivity index (χ2v) is 9.76. The van der Waals surface area contributed by atoms with E-state index >= 15 is 0 Å². The summed E-state index contributed by atoms with van der Waals surface area (Å²) in [6, 6.07) is 15.9. The molecule has 172 valence electrons. The number of furan rings is 1. The number of benzene rings is 1. The maximum absolute atomic E-state index is 12.8. The lowest BCUT2D eigenvalue weighted by Crippen LogP contribution is -2.46. The molecule has 4 aromatic rings. The molecule has 2 unspecified atom stereocenters. The van der Waals surface area contributed by atoms with Crippen LogP contribution in [0.3, 0.4) is 0 Å². The van der Waals surface area contributed by atoms with E-state index < -0.39 is 5.41 Å². The molecule has 6 heteroatoms. The molecule has 0 N–H and O–H groups in total. The van der Waals surface area contributed by atoms with Gasteiger partial charge in [0.05, 0.1) is 16.8 Å². The number of hydrogen-bond donors (Lipinski definition) is 0. The van der Waals surface area contributed by atoms with Crippen LogP contribution in [0.15, 0.2) is 64.7 Å². The molecule has 6 nitrogen and oxygen atoms in total. The molecule has 0 fully saturated rings. The van der Waals surface area contributed by atoms with Crippen molar-refractivity contribution in [3.63, 3.8) is 0 Å². The Morgan fingerprint density at radius 3 is 2.74 bits per heavy atom. The number of aromatic nitrogens is 3. The zero-order valence-corrected chi connectivity index (χ0v) is 19.9. The number of pyridine rings is 1. The van der Waals surface area contributed by atoms with Crippen molar-refractivity contribution in [2.45, 2.75) is 39.0 Å². The number of hydrogen-bond acceptors (Lipinski definition) is 6. The number of ketones is 1. The van der Waals surface area contributed by atoms with E-state index in [-0.39, 0.29) is 23.2 Å². The first kappa shape index (κ1) is 21.4. The molecule has 0 bridgehead atoms. The summed E-state index contributed by atoms with van der Waals surface area (Å²) >= 11 is 0. The smallest absolute Gasteiger partial charge is 0.176 e. The summed E-state index contributed by atoms with van der Waals surface area (Å²) in [5.41, 5.74) is 4.07. The zero-order valence-electron chi connectivity index (χ0n) is 19.9. The van der Waals surface area contributed by atoms with Crippen molar-refractivity contribution in [3.8, 4) is 28.9 Å². The highest BCUT2D eigenvalue weighted by atomic mass is 16.3. The number of Topliss-reactive ketones (excluding diaryl/α,β-unsaturated/α-hetero) is 1. The third-order valence-corrected chi connectivity index (χ3v) is 7.70. The van der Waals surface area contributed by atoms with Crippen molar-refractivity contribution in [1.29, 1.82) is 5.26 Å². The molecule has 6 rings (SSSR count). The Kier molecular flexibility index (Phi) is 4.72. The molecular weight excluding hydrogens is 436 g/mol. The number of carbonyl (C=O) groups excluding carboxylic acids is 1. The van der Waals surface area contributed by atoms with Gasteiger partial charge in [0, 0.05) is 34.0 Å². The van der Waals surface area contributed by atoms with Crippen molar-refractivity contribution in [2.24, 2.45) is 11.8 Å². The second kappa shape index (κ2) is 7.71. The lowest BCUT2D eigenvalue weighted by Gasteiger charge is -2.45. The third-order valence-electron chi connectivity index (χ3n) is 7.70. The van der Waals surface area contributed by atoms with Crippen LogP contribution in [0.25, 0.3) is 33.7 Å². The Labute approximate surface area is 203 Å². The van der Waals surface area contributed by atoms with Crippen LogP contribution >= 0.6 is 0 Å². The minimum absolute atomic E-state index is 0.0581. The van der Waals surface area contributed by atoms with Gasteiger partial charge in [0.1, 0.15) is 17.5 Å². The number of nitrogens with zero attached hydrogens (tertiary/aromatic N) is 4. The van der Waals surface area contributed by atoms with E-state index in [0.717, 1.165) is 52.0 Å². The molecule has 0 amide bonds. The van der Waals surface area contributed by atoms with Gasteiger partial charge >= 0.3 is 0 Å². The molecule has 2 aliphatic carbocycles. The second-order valence-electron chi connectivity index (χ2n) is 9.76. The number of fused-ring (bicyclic) bond motifs is 4. The summed E-state index contributed by atoms with van der Waals surface area (Å²) in [6.45, 7) is 5.96. The van der Waals surface area contributed by atoms with Crippen molar-refractivity contribution in [2.75, 3.05) is 0 Å². The van der Waals surface area contributed by atoms with E-state index in [0.29, 0.717) is 11.6 Å². The fourth-order valence-electron chi connectivity index (χ4n) is 5.95. The summed E-state index contributed by atoms with van der Waals surface area (Å²) in [5, 5.41) is 10.7. The van der Waals surface area contributed by atoms with Gasteiger partial charge in [0.15, 0.2) is 17.4 Å². The molecule has 1 aromatic carbocycles. The van der Waals surface area contributed by atoms with Gasteiger partial charge in [-0.25, -0.2) is 9.97 Å². The minimum atomic E-state index is -0.567. The van der Waals surface area contributed by atoms with E-state index in [1.54, 1.807) is 6.20 Å². The largest absolute Gasteiger partial charge is 0.460 e. The van der Waals surface area contributed by atoms with Crippen molar-refractivity contribution < 1.29 is 9.21 Å². The lowest BCUT2D eigenvalue weighted by atomic mass is 9.57. The Bertz CT molecular complexity index is 1590. The summed E-state index contributed by atoms with van der Waals surface area (Å²) in [5.74, 6) is 1.84. The highest BCUT2D eigenvalue weighted by Gasteiger charge is 2.49. The third kappa shape index (κ3) is 3.15. The molecule has 0 spiro atoms. The van der Waals surface area contributed by atoms with E-state index in [1.165, 1.54) is 0 Å². The topological polar surface area (TPSA) is 92.7 Å². The first-order valence-corrected chi connectivity index (χ1v) is 11.9. The Morgan fingerprint density at radius 2 is 1.97 bits per heavy atom. The highest BCUT2D eigenvalue weighted by molar-refractivity contribution is 6.02. The molecule has 3 atom stereocenters. The lowest BCUT2D eigenvalue weighted by molar-refractivity contribution is -0.121. The van der Waals surface area contributed by atoms with Gasteiger partial charge in [-0.2, -0.15) is 5.26 Å². The number of carbonyl (C=O) groups is 1. The predicted molar refractivity (Wildman–Crippen MR) is 132 cm³/mol. The number of allylic oxidation sites excluding steroid dienone is 2. The Morgan fingerprint density at radius 1 is 1.14 bits per heavy atom. The summed E-state index contributed by atoms with van der Waals surface area (Å²) in [7, 11) is 0. The maximum atomic E-state index is 12.8. The van der Waals surface area contributed by atoms with Crippen LogP contribution in [0.1, 0.15) is 37.3 Å². The van der Waals surface area contributed by atoms with Crippen molar-refractivity contribution in [1.82, 2.24) is 15.0 Å². The monoisotopic (exact) mass is 460 g/mol. The first-order valence-electron chi connectivity index (χ1n) is 11.9. The normalized spacial score (nSPS) is 23.4. The molecule has 0 radical (unpaired) electrons. The van der Waals surface area contributed by atoms with Crippen LogP contribution in [0.4, 0.5) is 0 Å². The standard InChI is InChI=1S/C29H24N4O2/c1-16-8-11-24(35-16)25-21-9-10-22-17(2)26(34)18(15-30)14-29(22,3)27(21)33-28(32-25)20-12-13-31-23-7-5-4-6-19(20)23/h4-8,11-14,17,22H,9-10H2,1-3H3/t17?,22?,29-/m1/s1. The molecule has 35 heavy (non-hydrogen) atoms. The van der Waals surface area contributed by atoms with E-state index in [9.17, 15) is 10.1 Å². The van der Waals surface area contributed by atoms with Gasteiger partial charge in [-0.05, 0) is 49.9 Å². The summed E-state index contributed by atoms with van der Waals surface area (Å²) in [4.78, 5) is 27.6. The van der Waals surface area contributed by atoms with E-state index in [1.807, 2.05) is 62.4 Å². The fourth-order valence-corrected chi connectivity index (χ4v) is 5.95. The number of nitriles is 1. The average molecular weight is 461 g/mol. The zero-order chi connectivity index (χ0) is 24.3. The van der Waals surface area contributed by atoms with Gasteiger partial charge in [0.2, 0.25) is 0 Å². The van der Waals surface area contributed by atoms with Crippen LogP contribution in [-0.4, -0.2) is 20.7 Å². The minimum Gasteiger partial charge on any atom is -0.460 e. The molecule has 0 saturated carbocycles. The summed E-state index contributed by atoms with van der Waals surface area (Å²) < 4.78 is 6.04. The van der Waals surface area contributed by atoms with Crippen LogP contribution in [0.2, 0.25) is 0 Å². The van der Waals surface area contributed by atoms with E-state index in [2.05, 4.69) is 18.0 Å². The van der Waals surface area contributed by atoms with Crippen molar-refractivity contribution >= 4 is 16.7 Å². The van der Waals surface area contributed by atoms with Crippen molar-refractivity contribution in [3.05, 3.63) is 77.3 Å². The quantitative estimate of drug-likeness (QED) is 0.378. The number of aryl methyl sites for hydroxylation is 1. The van der Waals surface area contributed by atoms with Gasteiger partial charge in [-0.3, -0.25) is 9.78 Å². The summed E-state index contributed by atoms with van der Waals surface area (Å²) in [6.07, 6.45) is 5.18. The van der Waals surface area contributed by atoms with Gasteiger partial charge < -0.3 is 4.42 Å². The van der Waals surface area contributed by atoms with Gasteiger partial charge in [-0.1, -0.05) is 38.1 Å². The van der Waals surface area contributed by atoms with Crippen LogP contribution in [-0.2, 0) is 16.6 Å². The maximum Gasteiger partial charge on any atom is 0.176 e. The predicted octanol–water partition coefficient (Wildman–Crippen LogP) is 5.75. The molecule has 0 aliphatic heterocycles. The molecule has 3 heterocycles. The molecule has 3 aromatic heterocycles. The molecule has 2 aliphatic rings. The molecular formula is C29H24N4O2. The van der Waals surface area contributed by atoms with Gasteiger partial charge in [-0.15, -0.1) is 0 Å². The SMILES string of the molecule is Cc1ccc(-c2nc(-c3ccnc4ccccc34)nc3c2CCC2C(C)C(=O)C(C#N)=C[C@@]32C)o1. The number of rotatable bonds is 2. The number of para-hydroxylation sites is 1.